The normalized spacial score (nSPS) is 21.9. The number of hydrogen-bond acceptors (Lipinski definition) is 5. The third-order valence-electron chi connectivity index (χ3n) is 5.55. The van der Waals surface area contributed by atoms with Crippen LogP contribution in [0.4, 0.5) is 24.0 Å². The van der Waals surface area contributed by atoms with Crippen molar-refractivity contribution in [2.75, 3.05) is 36.0 Å². The molecule has 2 saturated heterocycles. The van der Waals surface area contributed by atoms with Gasteiger partial charge in [0.05, 0.1) is 15.9 Å². The first-order chi connectivity index (χ1) is 14.3. The fourth-order valence-electron chi connectivity index (χ4n) is 4.51. The highest BCUT2D eigenvalue weighted by atomic mass is 35.5. The molecule has 1 radical (unpaired) electrons. The minimum Gasteiger partial charge on any atom is -0.403 e. The molecule has 9 heteroatoms. The van der Waals surface area contributed by atoms with E-state index in [9.17, 15) is 13.2 Å². The van der Waals surface area contributed by atoms with Crippen molar-refractivity contribution in [3.8, 4) is 5.75 Å². The highest BCUT2D eigenvalue weighted by Crippen LogP contribution is 2.40. The Morgan fingerprint density at radius 3 is 2.57 bits per heavy atom. The zero-order valence-electron chi connectivity index (χ0n) is 15.8. The van der Waals surface area contributed by atoms with Crippen molar-refractivity contribution in [2.24, 2.45) is 11.8 Å². The van der Waals surface area contributed by atoms with Crippen LogP contribution in [0.2, 0.25) is 5.02 Å². The molecule has 2 unspecified atom stereocenters. The van der Waals surface area contributed by atoms with Gasteiger partial charge < -0.3 is 14.5 Å². The molecule has 2 aliphatic heterocycles. The molecule has 0 saturated carbocycles. The quantitative estimate of drug-likeness (QED) is 0.516. The van der Waals surface area contributed by atoms with Crippen molar-refractivity contribution in [3.63, 3.8) is 0 Å². The number of hydrogen-bond donors (Lipinski definition) is 0. The second-order valence-corrected chi connectivity index (χ2v) is 9.26. The standard InChI is InChI=1S/C21H18ClF3N3OS/c22-15-5-6-16-19(8-15)30-20(26-16)28-11-13-7-14(12-28)10-27(9-13)17-3-1-2-4-18(17)29-21(23,24)25/h1-3,5-6,8,13-14H,7,9-12H2. The topological polar surface area (TPSA) is 28.6 Å². The van der Waals surface area contributed by atoms with E-state index in [4.69, 9.17) is 16.6 Å². The van der Waals surface area contributed by atoms with E-state index in [1.807, 2.05) is 23.1 Å². The summed E-state index contributed by atoms with van der Waals surface area (Å²) in [6.07, 6.45) is -3.67. The minimum absolute atomic E-state index is 0.259. The number of alkyl halides is 3. The van der Waals surface area contributed by atoms with Gasteiger partial charge in [0.25, 0.3) is 0 Å². The lowest BCUT2D eigenvalue weighted by Gasteiger charge is -2.46. The Bertz CT molecular complexity index is 1060. The molecule has 30 heavy (non-hydrogen) atoms. The van der Waals surface area contributed by atoms with E-state index >= 15 is 0 Å². The van der Waals surface area contributed by atoms with E-state index in [1.54, 1.807) is 23.5 Å². The molecule has 2 fully saturated rings. The summed E-state index contributed by atoms with van der Waals surface area (Å²) in [4.78, 5) is 9.07. The Labute approximate surface area is 180 Å². The van der Waals surface area contributed by atoms with Crippen molar-refractivity contribution < 1.29 is 17.9 Å². The van der Waals surface area contributed by atoms with Gasteiger partial charge >= 0.3 is 6.36 Å². The van der Waals surface area contributed by atoms with E-state index in [2.05, 4.69) is 15.7 Å². The molecule has 0 aliphatic carbocycles. The number of piperidine rings is 2. The summed E-state index contributed by atoms with van der Waals surface area (Å²) >= 11 is 7.72. The molecule has 0 amide bonds. The number of halogens is 4. The molecule has 1 aromatic heterocycles. The number of thiazole rings is 1. The van der Waals surface area contributed by atoms with Crippen molar-refractivity contribution in [2.45, 2.75) is 12.8 Å². The van der Waals surface area contributed by atoms with Crippen molar-refractivity contribution >= 4 is 44.0 Å². The summed E-state index contributed by atoms with van der Waals surface area (Å²) in [6.45, 7) is 3.00. The maximum absolute atomic E-state index is 12.8. The monoisotopic (exact) mass is 452 g/mol. The number of para-hydroxylation sites is 1. The molecule has 2 bridgehead atoms. The van der Waals surface area contributed by atoms with E-state index in [1.165, 1.54) is 6.07 Å². The summed E-state index contributed by atoms with van der Waals surface area (Å²) in [5.74, 6) is 0.420. The first-order valence-corrected chi connectivity index (χ1v) is 10.9. The van der Waals surface area contributed by atoms with E-state index < -0.39 is 6.36 Å². The van der Waals surface area contributed by atoms with Crippen LogP contribution < -0.4 is 14.5 Å². The van der Waals surface area contributed by atoms with Gasteiger partial charge in [-0.2, -0.15) is 0 Å². The lowest BCUT2D eigenvalue weighted by molar-refractivity contribution is -0.274. The maximum atomic E-state index is 12.8. The Balaban J connectivity index is 1.35. The van der Waals surface area contributed by atoms with Gasteiger partial charge in [-0.15, -0.1) is 13.2 Å². The zero-order valence-corrected chi connectivity index (χ0v) is 17.4. The summed E-state index contributed by atoms with van der Waals surface area (Å²) < 4.78 is 43.6. The molecule has 4 nitrogen and oxygen atoms in total. The van der Waals surface area contributed by atoms with Crippen LogP contribution in [0.1, 0.15) is 6.42 Å². The fourth-order valence-corrected chi connectivity index (χ4v) is 5.77. The van der Waals surface area contributed by atoms with Crippen LogP contribution in [-0.2, 0) is 0 Å². The van der Waals surface area contributed by atoms with Gasteiger partial charge in [-0.05, 0) is 42.5 Å². The molecule has 0 spiro atoms. The summed E-state index contributed by atoms with van der Waals surface area (Å²) in [5.41, 5.74) is 1.39. The molecule has 157 valence electrons. The van der Waals surface area contributed by atoms with Crippen LogP contribution in [0.25, 0.3) is 10.2 Å². The van der Waals surface area contributed by atoms with Crippen molar-refractivity contribution in [1.82, 2.24) is 4.98 Å². The maximum Gasteiger partial charge on any atom is 0.573 e. The molecule has 2 aliphatic rings. The van der Waals surface area contributed by atoms with Gasteiger partial charge in [-0.1, -0.05) is 35.1 Å². The van der Waals surface area contributed by atoms with Gasteiger partial charge in [0, 0.05) is 37.3 Å². The van der Waals surface area contributed by atoms with Crippen LogP contribution in [0, 0.1) is 17.9 Å². The molecule has 3 aromatic rings. The number of fused-ring (bicyclic) bond motifs is 3. The third-order valence-corrected chi connectivity index (χ3v) is 6.86. The number of nitrogens with zero attached hydrogens (tertiary/aromatic N) is 3. The van der Waals surface area contributed by atoms with Gasteiger partial charge in [0.2, 0.25) is 0 Å². The van der Waals surface area contributed by atoms with Crippen LogP contribution >= 0.6 is 22.9 Å². The van der Waals surface area contributed by atoms with Crippen LogP contribution in [0.15, 0.2) is 36.4 Å². The summed E-state index contributed by atoms with van der Waals surface area (Å²) in [6, 6.07) is 13.1. The molecule has 3 heterocycles. The first-order valence-electron chi connectivity index (χ1n) is 9.66. The molecular formula is C21H18ClF3N3OS. The van der Waals surface area contributed by atoms with E-state index in [-0.39, 0.29) is 5.75 Å². The molecule has 5 rings (SSSR count). The lowest BCUT2D eigenvalue weighted by atomic mass is 9.84. The van der Waals surface area contributed by atoms with Gasteiger partial charge in [-0.3, -0.25) is 0 Å². The predicted molar refractivity (Wildman–Crippen MR) is 113 cm³/mol. The molecule has 2 atom stereocenters. The number of aromatic nitrogens is 1. The van der Waals surface area contributed by atoms with E-state index in [0.29, 0.717) is 35.6 Å². The van der Waals surface area contributed by atoms with E-state index in [0.717, 1.165) is 34.9 Å². The molecular weight excluding hydrogens is 435 g/mol. The zero-order chi connectivity index (χ0) is 20.9. The SMILES string of the molecule is FC(F)(F)Oc1[c]cccc1N1CC2CC(CN(c3nc4ccc(Cl)cc4s3)C2)C1. The summed E-state index contributed by atoms with van der Waals surface area (Å²) in [7, 11) is 0. The third kappa shape index (κ3) is 4.03. The largest absolute Gasteiger partial charge is 0.573 e. The highest BCUT2D eigenvalue weighted by Gasteiger charge is 2.37. The second-order valence-electron chi connectivity index (χ2n) is 7.82. The number of anilines is 2. The van der Waals surface area contributed by atoms with Crippen LogP contribution in [0.3, 0.4) is 0 Å². The summed E-state index contributed by atoms with van der Waals surface area (Å²) in [5, 5.41) is 1.67. The number of rotatable bonds is 3. The van der Waals surface area contributed by atoms with Crippen molar-refractivity contribution in [3.05, 3.63) is 47.5 Å². The average Bonchev–Trinajstić information content (AvgIpc) is 3.09. The second kappa shape index (κ2) is 7.50. The Morgan fingerprint density at radius 2 is 1.83 bits per heavy atom. The Kier molecular flexibility index (Phi) is 4.94. The minimum atomic E-state index is -4.73. The first kappa shape index (κ1) is 19.8. The fraction of sp³-hybridized carbons (Fsp3) is 0.381. The van der Waals surface area contributed by atoms with Crippen LogP contribution in [-0.4, -0.2) is 37.5 Å². The molecule has 2 aromatic carbocycles. The van der Waals surface area contributed by atoms with Gasteiger partial charge in [-0.25, -0.2) is 4.98 Å². The Hall–Kier alpha value is -2.19. The van der Waals surface area contributed by atoms with Gasteiger partial charge in [0.15, 0.2) is 10.9 Å². The van der Waals surface area contributed by atoms with Crippen LogP contribution in [0.5, 0.6) is 5.75 Å². The van der Waals surface area contributed by atoms with Crippen molar-refractivity contribution in [1.29, 1.82) is 0 Å². The highest BCUT2D eigenvalue weighted by molar-refractivity contribution is 7.22. The number of ether oxygens (including phenoxy) is 1. The number of benzene rings is 2. The Morgan fingerprint density at radius 1 is 1.10 bits per heavy atom. The average molecular weight is 453 g/mol. The smallest absolute Gasteiger partial charge is 0.403 e. The molecule has 0 N–H and O–H groups in total. The van der Waals surface area contributed by atoms with Gasteiger partial charge in [0.1, 0.15) is 0 Å². The lowest BCUT2D eigenvalue weighted by Crippen LogP contribution is -2.53. The predicted octanol–water partition coefficient (Wildman–Crippen LogP) is 5.61.